The molecule has 1 aromatic rings. The van der Waals surface area contributed by atoms with E-state index in [0.717, 1.165) is 18.8 Å². The van der Waals surface area contributed by atoms with E-state index in [0.29, 0.717) is 6.54 Å². The van der Waals surface area contributed by atoms with Crippen molar-refractivity contribution in [2.45, 2.75) is 25.3 Å². The minimum Gasteiger partial charge on any atom is -0.328 e. The van der Waals surface area contributed by atoms with E-state index in [2.05, 4.69) is 22.9 Å². The van der Waals surface area contributed by atoms with Gasteiger partial charge in [-0.3, -0.25) is 9.88 Å². The molecule has 3 heteroatoms. The molecule has 1 fully saturated rings. The highest BCUT2D eigenvalue weighted by atomic mass is 15.2. The molecule has 0 spiro atoms. The van der Waals surface area contributed by atoms with E-state index in [4.69, 9.17) is 5.73 Å². The first kappa shape index (κ1) is 10.6. The molecule has 0 saturated carbocycles. The van der Waals surface area contributed by atoms with Crippen LogP contribution in [0.2, 0.25) is 0 Å². The van der Waals surface area contributed by atoms with Gasteiger partial charge in [0, 0.05) is 12.7 Å². The first-order valence-corrected chi connectivity index (χ1v) is 5.64. The summed E-state index contributed by atoms with van der Waals surface area (Å²) in [6.07, 6.45) is 4.41. The van der Waals surface area contributed by atoms with E-state index in [1.54, 1.807) is 0 Å². The number of nitrogens with zero attached hydrogens (tertiary/aromatic N) is 2. The fourth-order valence-corrected chi connectivity index (χ4v) is 2.29. The molecular weight excluding hydrogens is 186 g/mol. The molecule has 3 nitrogen and oxygen atoms in total. The summed E-state index contributed by atoms with van der Waals surface area (Å²) in [5.74, 6) is 0. The summed E-state index contributed by atoms with van der Waals surface area (Å²) in [7, 11) is 0. The maximum atomic E-state index is 5.94. The van der Waals surface area contributed by atoms with Crippen LogP contribution in [0.1, 0.15) is 25.5 Å². The van der Waals surface area contributed by atoms with Crippen molar-refractivity contribution in [1.82, 2.24) is 9.88 Å². The fourth-order valence-electron chi connectivity index (χ4n) is 2.29. The zero-order valence-corrected chi connectivity index (χ0v) is 9.32. The lowest BCUT2D eigenvalue weighted by Crippen LogP contribution is -2.48. The second-order valence-electron chi connectivity index (χ2n) is 4.39. The molecule has 1 atom stereocenters. The summed E-state index contributed by atoms with van der Waals surface area (Å²) in [5, 5.41) is 0. The molecule has 1 aromatic heterocycles. The highest BCUT2D eigenvalue weighted by Gasteiger charge is 2.34. The zero-order chi connectivity index (χ0) is 10.7. The molecule has 1 aliphatic rings. The van der Waals surface area contributed by atoms with Crippen LogP contribution in [0.25, 0.3) is 0 Å². The van der Waals surface area contributed by atoms with Gasteiger partial charge in [0.1, 0.15) is 0 Å². The van der Waals surface area contributed by atoms with Gasteiger partial charge >= 0.3 is 0 Å². The van der Waals surface area contributed by atoms with Gasteiger partial charge in [0.25, 0.3) is 0 Å². The number of pyridine rings is 1. The molecule has 0 radical (unpaired) electrons. The summed E-state index contributed by atoms with van der Waals surface area (Å²) in [4.78, 5) is 6.90. The fraction of sp³-hybridized carbons (Fsp3) is 0.583. The van der Waals surface area contributed by atoms with Crippen LogP contribution in [0.4, 0.5) is 0 Å². The third-order valence-corrected chi connectivity index (χ3v) is 3.42. The molecule has 82 valence electrons. The van der Waals surface area contributed by atoms with Crippen molar-refractivity contribution in [2.24, 2.45) is 5.73 Å². The van der Waals surface area contributed by atoms with Crippen molar-refractivity contribution in [3.05, 3.63) is 30.1 Å². The number of aromatic nitrogens is 1. The summed E-state index contributed by atoms with van der Waals surface area (Å²) >= 11 is 0. The van der Waals surface area contributed by atoms with Crippen molar-refractivity contribution in [3.63, 3.8) is 0 Å². The Morgan fingerprint density at radius 2 is 2.13 bits per heavy atom. The normalized spacial score (nSPS) is 21.5. The van der Waals surface area contributed by atoms with E-state index in [1.165, 1.54) is 12.8 Å². The van der Waals surface area contributed by atoms with Crippen LogP contribution in [-0.2, 0) is 5.54 Å². The van der Waals surface area contributed by atoms with Gasteiger partial charge in [0.15, 0.2) is 0 Å². The smallest absolute Gasteiger partial charge is 0.0728 e. The topological polar surface area (TPSA) is 42.1 Å². The highest BCUT2D eigenvalue weighted by molar-refractivity contribution is 5.16. The van der Waals surface area contributed by atoms with Crippen LogP contribution in [0.3, 0.4) is 0 Å². The number of rotatable bonds is 3. The largest absolute Gasteiger partial charge is 0.328 e. The van der Waals surface area contributed by atoms with Crippen molar-refractivity contribution in [2.75, 3.05) is 19.6 Å². The number of hydrogen-bond acceptors (Lipinski definition) is 3. The van der Waals surface area contributed by atoms with E-state index in [1.807, 2.05) is 18.3 Å². The zero-order valence-electron chi connectivity index (χ0n) is 9.32. The van der Waals surface area contributed by atoms with Crippen molar-refractivity contribution in [1.29, 1.82) is 0 Å². The van der Waals surface area contributed by atoms with Crippen LogP contribution in [0.5, 0.6) is 0 Å². The summed E-state index contributed by atoms with van der Waals surface area (Å²) in [5.41, 5.74) is 6.94. The lowest BCUT2D eigenvalue weighted by molar-refractivity contribution is 0.138. The van der Waals surface area contributed by atoms with E-state index in [9.17, 15) is 0 Å². The maximum Gasteiger partial charge on any atom is 0.0728 e. The first-order chi connectivity index (χ1) is 7.27. The highest BCUT2D eigenvalue weighted by Crippen LogP contribution is 2.28. The third-order valence-electron chi connectivity index (χ3n) is 3.42. The Hall–Kier alpha value is -0.930. The van der Waals surface area contributed by atoms with Gasteiger partial charge < -0.3 is 5.73 Å². The molecule has 0 amide bonds. The average molecular weight is 205 g/mol. The van der Waals surface area contributed by atoms with E-state index < -0.39 is 0 Å². The predicted molar refractivity (Wildman–Crippen MR) is 61.5 cm³/mol. The van der Waals surface area contributed by atoms with Gasteiger partial charge in [-0.15, -0.1) is 0 Å². The predicted octanol–water partition coefficient (Wildman–Crippen LogP) is 1.35. The Morgan fingerprint density at radius 1 is 1.40 bits per heavy atom. The van der Waals surface area contributed by atoms with E-state index in [-0.39, 0.29) is 5.54 Å². The average Bonchev–Trinajstić information content (AvgIpc) is 2.83. The van der Waals surface area contributed by atoms with Gasteiger partial charge in [-0.1, -0.05) is 6.07 Å². The molecular formula is C12H19N3. The number of nitrogens with two attached hydrogens (primary N) is 1. The van der Waals surface area contributed by atoms with Crippen LogP contribution >= 0.6 is 0 Å². The molecule has 0 aliphatic carbocycles. The second-order valence-corrected chi connectivity index (χ2v) is 4.39. The lowest BCUT2D eigenvalue weighted by Gasteiger charge is -2.37. The van der Waals surface area contributed by atoms with Gasteiger partial charge in [-0.2, -0.15) is 0 Å². The molecule has 1 aliphatic heterocycles. The number of hydrogen-bond donors (Lipinski definition) is 1. The minimum absolute atomic E-state index is 0.0856. The van der Waals surface area contributed by atoms with Crippen LogP contribution in [-0.4, -0.2) is 29.5 Å². The van der Waals surface area contributed by atoms with Crippen molar-refractivity contribution >= 4 is 0 Å². The standard InChI is InChI=1S/C12H19N3/c1-12(10-13,15-8-4-5-9-15)11-6-2-3-7-14-11/h2-3,6-7H,4-5,8-10,13H2,1H3. The molecule has 0 aromatic carbocycles. The molecule has 2 N–H and O–H groups in total. The molecule has 0 bridgehead atoms. The summed E-state index contributed by atoms with van der Waals surface area (Å²) in [6.45, 7) is 5.11. The molecule has 2 rings (SSSR count). The molecule has 1 saturated heterocycles. The van der Waals surface area contributed by atoms with Gasteiger partial charge in [0.2, 0.25) is 0 Å². The minimum atomic E-state index is -0.0856. The molecule has 1 unspecified atom stereocenters. The van der Waals surface area contributed by atoms with Crippen molar-refractivity contribution < 1.29 is 0 Å². The first-order valence-electron chi connectivity index (χ1n) is 5.64. The Kier molecular flexibility index (Phi) is 3.03. The monoisotopic (exact) mass is 205 g/mol. The SMILES string of the molecule is CC(CN)(c1ccccn1)N1CCCC1. The van der Waals surface area contributed by atoms with Gasteiger partial charge in [0.05, 0.1) is 11.2 Å². The Bertz CT molecular complexity index is 306. The Balaban J connectivity index is 2.28. The summed E-state index contributed by atoms with van der Waals surface area (Å²) in [6, 6.07) is 6.06. The van der Waals surface area contributed by atoms with Gasteiger partial charge in [-0.05, 0) is 45.0 Å². The Labute approximate surface area is 91.3 Å². The second kappa shape index (κ2) is 4.29. The van der Waals surface area contributed by atoms with Crippen LogP contribution in [0.15, 0.2) is 24.4 Å². The molecule has 15 heavy (non-hydrogen) atoms. The molecule has 2 heterocycles. The van der Waals surface area contributed by atoms with Gasteiger partial charge in [-0.25, -0.2) is 0 Å². The van der Waals surface area contributed by atoms with Crippen LogP contribution in [0, 0.1) is 0 Å². The quantitative estimate of drug-likeness (QED) is 0.810. The third kappa shape index (κ3) is 1.90. The number of likely N-dealkylation sites (tertiary alicyclic amines) is 1. The van der Waals surface area contributed by atoms with Crippen molar-refractivity contribution in [3.8, 4) is 0 Å². The Morgan fingerprint density at radius 3 is 2.67 bits per heavy atom. The lowest BCUT2D eigenvalue weighted by atomic mass is 9.95. The van der Waals surface area contributed by atoms with E-state index >= 15 is 0 Å². The maximum absolute atomic E-state index is 5.94. The van der Waals surface area contributed by atoms with Crippen LogP contribution < -0.4 is 5.73 Å². The summed E-state index contributed by atoms with van der Waals surface area (Å²) < 4.78 is 0.